The quantitative estimate of drug-likeness (QED) is 0.280. The molecular formula is C28H24Cl2N12O3. The SMILES string of the molecule is Cc1ccc2c3nn(-c4ncccn4)c(=O)c-3c[nH]c2n1.Cc1ccc2c3nn(-c4ncccn4)c(=O)c-3c[nH]c2n1.Cl.Cl.O. The Kier molecular flexibility index (Phi) is 9.27. The molecule has 17 heteroatoms. The van der Waals surface area contributed by atoms with Gasteiger partial charge in [-0.15, -0.1) is 24.8 Å². The monoisotopic (exact) mass is 646 g/mol. The Labute approximate surface area is 265 Å². The number of aryl methyl sites for hydroxylation is 2. The topological polar surface area (TPSA) is 210 Å². The molecule has 0 atom stereocenters. The van der Waals surface area contributed by atoms with Gasteiger partial charge in [0.15, 0.2) is 0 Å². The molecule has 0 spiro atoms. The maximum Gasteiger partial charge on any atom is 0.285 e. The van der Waals surface area contributed by atoms with Crippen molar-refractivity contribution >= 4 is 46.9 Å². The smallest absolute Gasteiger partial charge is 0.285 e. The first kappa shape index (κ1) is 32.3. The molecule has 4 aliphatic heterocycles. The Morgan fingerprint density at radius 3 is 1.36 bits per heavy atom. The van der Waals surface area contributed by atoms with Crippen LogP contribution in [0.15, 0.2) is 83.2 Å². The minimum atomic E-state index is -0.255. The lowest BCUT2D eigenvalue weighted by Gasteiger charge is -2.02. The number of aromatic nitrogens is 12. The molecule has 0 saturated carbocycles. The maximum absolute atomic E-state index is 12.4. The van der Waals surface area contributed by atoms with Crippen LogP contribution in [-0.2, 0) is 0 Å². The van der Waals surface area contributed by atoms with Crippen molar-refractivity contribution in [3.8, 4) is 34.4 Å². The first-order valence-corrected chi connectivity index (χ1v) is 12.8. The highest BCUT2D eigenvalue weighted by atomic mass is 35.5. The van der Waals surface area contributed by atoms with E-state index in [-0.39, 0.29) is 53.3 Å². The van der Waals surface area contributed by atoms with Crippen molar-refractivity contribution in [2.24, 2.45) is 0 Å². The van der Waals surface area contributed by atoms with Gasteiger partial charge in [0.25, 0.3) is 23.0 Å². The first-order chi connectivity index (χ1) is 20.5. The van der Waals surface area contributed by atoms with Gasteiger partial charge in [0, 0.05) is 59.3 Å². The summed E-state index contributed by atoms with van der Waals surface area (Å²) in [6.45, 7) is 3.82. The Bertz CT molecular complexity index is 2120. The lowest BCUT2D eigenvalue weighted by atomic mass is 10.1. The van der Waals surface area contributed by atoms with Gasteiger partial charge >= 0.3 is 0 Å². The number of halogens is 2. The summed E-state index contributed by atoms with van der Waals surface area (Å²) in [6, 6.07) is 11.0. The van der Waals surface area contributed by atoms with Gasteiger partial charge in [-0.1, -0.05) is 0 Å². The number of fused-ring (bicyclic) bond motifs is 6. The van der Waals surface area contributed by atoms with E-state index in [2.05, 4.69) is 50.1 Å². The third-order valence-corrected chi connectivity index (χ3v) is 6.52. The zero-order chi connectivity index (χ0) is 28.8. The number of nitrogens with one attached hydrogen (secondary N) is 2. The highest BCUT2D eigenvalue weighted by Crippen LogP contribution is 2.25. The normalized spacial score (nSPS) is 10.5. The summed E-state index contributed by atoms with van der Waals surface area (Å²) < 4.78 is 2.41. The summed E-state index contributed by atoms with van der Waals surface area (Å²) in [5.74, 6) is 0.513. The van der Waals surface area contributed by atoms with Crippen LogP contribution in [0.2, 0.25) is 0 Å². The Morgan fingerprint density at radius 2 is 0.978 bits per heavy atom. The van der Waals surface area contributed by atoms with Gasteiger partial charge in [-0.25, -0.2) is 29.9 Å². The van der Waals surface area contributed by atoms with Crippen molar-refractivity contribution < 1.29 is 5.48 Å². The molecule has 0 fully saturated rings. The van der Waals surface area contributed by atoms with Gasteiger partial charge < -0.3 is 15.4 Å². The zero-order valence-electron chi connectivity index (χ0n) is 23.5. The summed E-state index contributed by atoms with van der Waals surface area (Å²) >= 11 is 0. The third-order valence-electron chi connectivity index (χ3n) is 6.52. The van der Waals surface area contributed by atoms with Gasteiger partial charge in [-0.2, -0.15) is 19.6 Å². The Balaban J connectivity index is 0.000000192. The Morgan fingerprint density at radius 1 is 0.600 bits per heavy atom. The molecule has 4 aromatic heterocycles. The van der Waals surface area contributed by atoms with Gasteiger partial charge in [0.05, 0.1) is 11.1 Å². The van der Waals surface area contributed by atoms with Crippen LogP contribution in [0.5, 0.6) is 0 Å². The minimum absolute atomic E-state index is 0. The van der Waals surface area contributed by atoms with Crippen LogP contribution >= 0.6 is 24.8 Å². The van der Waals surface area contributed by atoms with E-state index in [0.717, 1.165) is 22.2 Å². The van der Waals surface area contributed by atoms with Crippen molar-refractivity contribution in [1.82, 2.24) is 59.4 Å². The molecule has 4 aromatic rings. The fourth-order valence-corrected chi connectivity index (χ4v) is 4.56. The second-order valence-corrected chi connectivity index (χ2v) is 9.33. The average molecular weight is 647 g/mol. The van der Waals surface area contributed by atoms with Crippen LogP contribution in [0.25, 0.3) is 56.5 Å². The summed E-state index contributed by atoms with van der Waals surface area (Å²) in [7, 11) is 0. The molecule has 8 heterocycles. The molecule has 4 aliphatic rings. The summed E-state index contributed by atoms with van der Waals surface area (Å²) in [6.07, 6.45) is 9.54. The molecule has 0 bridgehead atoms. The van der Waals surface area contributed by atoms with E-state index in [0.29, 0.717) is 33.8 Å². The van der Waals surface area contributed by atoms with Crippen molar-refractivity contribution in [3.63, 3.8) is 0 Å². The number of rotatable bonds is 2. The molecular weight excluding hydrogens is 623 g/mol. The molecule has 0 aliphatic carbocycles. The molecule has 0 unspecified atom stereocenters. The van der Waals surface area contributed by atoms with E-state index in [9.17, 15) is 9.59 Å². The fraction of sp³-hybridized carbons (Fsp3) is 0.0714. The van der Waals surface area contributed by atoms with Gasteiger partial charge in [0.1, 0.15) is 22.7 Å². The zero-order valence-corrected chi connectivity index (χ0v) is 25.2. The van der Waals surface area contributed by atoms with E-state index >= 15 is 0 Å². The Hall–Kier alpha value is -5.64. The van der Waals surface area contributed by atoms with Gasteiger partial charge in [0.2, 0.25) is 0 Å². The summed E-state index contributed by atoms with van der Waals surface area (Å²) in [5, 5.41) is 10.3. The van der Waals surface area contributed by atoms with E-state index < -0.39 is 0 Å². The lowest BCUT2D eigenvalue weighted by Crippen LogP contribution is -2.16. The lowest BCUT2D eigenvalue weighted by molar-refractivity contribution is 0.790. The number of pyridine rings is 4. The fourth-order valence-electron chi connectivity index (χ4n) is 4.56. The molecule has 0 amide bonds. The second kappa shape index (κ2) is 12.9. The summed E-state index contributed by atoms with van der Waals surface area (Å²) in [5.41, 5.74) is 4.83. The van der Waals surface area contributed by atoms with Crippen LogP contribution in [0.1, 0.15) is 11.4 Å². The van der Waals surface area contributed by atoms with Crippen LogP contribution in [0, 0.1) is 13.8 Å². The first-order valence-electron chi connectivity index (χ1n) is 12.8. The predicted octanol–water partition coefficient (Wildman–Crippen LogP) is 2.64. The van der Waals surface area contributed by atoms with Gasteiger partial charge in [-0.3, -0.25) is 9.59 Å². The van der Waals surface area contributed by atoms with Crippen molar-refractivity contribution in [3.05, 3.63) is 106 Å². The van der Waals surface area contributed by atoms with Crippen LogP contribution in [0.3, 0.4) is 0 Å². The van der Waals surface area contributed by atoms with Gasteiger partial charge in [-0.05, 0) is 50.2 Å². The average Bonchev–Trinajstić information content (AvgIpc) is 3.54. The highest BCUT2D eigenvalue weighted by molar-refractivity contribution is 5.92. The van der Waals surface area contributed by atoms with E-state index in [4.69, 9.17) is 0 Å². The van der Waals surface area contributed by atoms with Crippen LogP contribution in [0.4, 0.5) is 0 Å². The largest absolute Gasteiger partial charge is 0.412 e. The van der Waals surface area contributed by atoms with E-state index in [1.165, 1.54) is 9.36 Å². The molecule has 4 N–H and O–H groups in total. The molecule has 0 saturated heterocycles. The van der Waals surface area contributed by atoms with Crippen molar-refractivity contribution in [1.29, 1.82) is 0 Å². The number of hydrogen-bond donors (Lipinski definition) is 2. The van der Waals surface area contributed by atoms with Crippen molar-refractivity contribution in [2.75, 3.05) is 0 Å². The maximum atomic E-state index is 12.4. The minimum Gasteiger partial charge on any atom is -0.412 e. The molecule has 0 radical (unpaired) electrons. The second-order valence-electron chi connectivity index (χ2n) is 9.33. The third kappa shape index (κ3) is 5.70. The molecule has 15 nitrogen and oxygen atoms in total. The molecule has 228 valence electrons. The predicted molar refractivity (Wildman–Crippen MR) is 171 cm³/mol. The van der Waals surface area contributed by atoms with Crippen LogP contribution < -0.4 is 11.1 Å². The highest BCUT2D eigenvalue weighted by Gasteiger charge is 2.21. The number of H-pyrrole nitrogens is 2. The number of nitrogens with zero attached hydrogens (tertiary/aromatic N) is 10. The molecule has 45 heavy (non-hydrogen) atoms. The molecule has 0 aromatic carbocycles. The number of aromatic amines is 2. The van der Waals surface area contributed by atoms with E-state index in [1.54, 1.807) is 49.3 Å². The summed E-state index contributed by atoms with van der Waals surface area (Å²) in [4.78, 5) is 56.0. The molecule has 8 rings (SSSR count). The number of hydrogen-bond acceptors (Lipinski definition) is 10. The standard InChI is InChI=1S/2C14H10N6O.2ClH.H2O/c2*1-8-3-4-9-11-10(7-17-12(9)18-8)13(21)20(19-11)14-15-5-2-6-16-14;;;/h2*2-7H,1H3,(H,17,18);2*1H;1H2. The van der Waals surface area contributed by atoms with Crippen molar-refractivity contribution in [2.45, 2.75) is 13.8 Å². The van der Waals surface area contributed by atoms with E-state index in [1.807, 2.05) is 38.1 Å². The van der Waals surface area contributed by atoms with Crippen LogP contribution in [-0.4, -0.2) is 64.9 Å².